The fraction of sp³-hybridized carbons (Fsp3) is 0.231. The lowest BCUT2D eigenvalue weighted by Gasteiger charge is -2.25. The van der Waals surface area contributed by atoms with Crippen molar-refractivity contribution in [2.24, 2.45) is 0 Å². The van der Waals surface area contributed by atoms with Gasteiger partial charge in [0.05, 0.1) is 17.4 Å². The van der Waals surface area contributed by atoms with Gasteiger partial charge in [-0.2, -0.15) is 5.10 Å². The van der Waals surface area contributed by atoms with E-state index in [0.717, 1.165) is 17.4 Å². The highest BCUT2D eigenvalue weighted by molar-refractivity contribution is 6.07. The third kappa shape index (κ3) is 2.03. The molecule has 1 aliphatic rings. The molecule has 0 spiro atoms. The molecule has 3 rings (SSSR count). The molecule has 3 heterocycles. The van der Waals surface area contributed by atoms with Gasteiger partial charge >= 0.3 is 6.03 Å². The number of hydrogen-bond acceptors (Lipinski definition) is 4. The van der Waals surface area contributed by atoms with Gasteiger partial charge in [0.25, 0.3) is 0 Å². The van der Waals surface area contributed by atoms with Crippen molar-refractivity contribution < 1.29 is 14.4 Å². The molecule has 0 radical (unpaired) electrons. The zero-order valence-corrected chi connectivity index (χ0v) is 10.6. The van der Waals surface area contributed by atoms with E-state index in [0.29, 0.717) is 18.7 Å². The van der Waals surface area contributed by atoms with Crippen LogP contribution in [0, 0.1) is 0 Å². The average Bonchev–Trinajstić information content (AvgIpc) is 2.82. The van der Waals surface area contributed by atoms with Crippen molar-refractivity contribution in [3.63, 3.8) is 0 Å². The predicted octanol–water partition coefficient (Wildman–Crippen LogP) is 0.522. The van der Waals surface area contributed by atoms with Gasteiger partial charge in [0, 0.05) is 25.6 Å². The van der Waals surface area contributed by atoms with Crippen LogP contribution in [0.3, 0.4) is 0 Å². The number of urea groups is 1. The minimum absolute atomic E-state index is 0.268. The Labute approximate surface area is 114 Å². The second-order valence-electron chi connectivity index (χ2n) is 4.52. The maximum atomic E-state index is 11.8. The molecule has 2 aromatic heterocycles. The minimum Gasteiger partial charge on any atom is -0.303 e. The lowest BCUT2D eigenvalue weighted by Crippen LogP contribution is -2.49. The van der Waals surface area contributed by atoms with Crippen LogP contribution in [-0.2, 0) is 16.0 Å². The minimum atomic E-state index is -0.437. The summed E-state index contributed by atoms with van der Waals surface area (Å²) >= 11 is 0. The Morgan fingerprint density at radius 1 is 1.35 bits per heavy atom. The van der Waals surface area contributed by atoms with E-state index in [2.05, 4.69) is 10.4 Å². The Morgan fingerprint density at radius 3 is 2.95 bits per heavy atom. The van der Waals surface area contributed by atoms with E-state index in [1.54, 1.807) is 16.9 Å². The van der Waals surface area contributed by atoms with Crippen LogP contribution in [0.15, 0.2) is 24.5 Å². The van der Waals surface area contributed by atoms with Crippen molar-refractivity contribution in [2.45, 2.75) is 12.8 Å². The van der Waals surface area contributed by atoms with Gasteiger partial charge in [-0.1, -0.05) is 6.07 Å². The van der Waals surface area contributed by atoms with Gasteiger partial charge in [-0.15, -0.1) is 0 Å². The zero-order chi connectivity index (χ0) is 14.1. The topological polar surface area (TPSA) is 83.8 Å². The second kappa shape index (κ2) is 4.76. The van der Waals surface area contributed by atoms with Crippen LogP contribution < -0.4 is 10.2 Å². The smallest absolute Gasteiger partial charge is 0.303 e. The number of pyridine rings is 1. The third-order valence-electron chi connectivity index (χ3n) is 3.22. The Bertz CT molecular complexity index is 707. The van der Waals surface area contributed by atoms with Gasteiger partial charge in [-0.25, -0.2) is 9.31 Å². The predicted molar refractivity (Wildman–Crippen MR) is 70.5 cm³/mol. The molecule has 20 heavy (non-hydrogen) atoms. The number of hydrogen-bond donors (Lipinski definition) is 1. The highest BCUT2D eigenvalue weighted by atomic mass is 16.2. The van der Waals surface area contributed by atoms with Crippen molar-refractivity contribution in [1.82, 2.24) is 14.9 Å². The summed E-state index contributed by atoms with van der Waals surface area (Å²) in [5.74, 6) is -0.268. The van der Waals surface area contributed by atoms with E-state index in [-0.39, 0.29) is 12.3 Å². The van der Waals surface area contributed by atoms with Crippen molar-refractivity contribution >= 4 is 29.4 Å². The largest absolute Gasteiger partial charge is 0.328 e. The van der Waals surface area contributed by atoms with Crippen molar-refractivity contribution in [1.29, 1.82) is 0 Å². The molecule has 1 N–H and O–H groups in total. The molecule has 7 heteroatoms. The number of rotatable bonds is 3. The first kappa shape index (κ1) is 12.3. The first-order valence-corrected chi connectivity index (χ1v) is 6.20. The zero-order valence-electron chi connectivity index (χ0n) is 10.6. The number of carbonyl (C=O) groups excluding carboxylic acids is 3. The lowest BCUT2D eigenvalue weighted by molar-refractivity contribution is -0.120. The highest BCUT2D eigenvalue weighted by Crippen LogP contribution is 2.23. The highest BCUT2D eigenvalue weighted by Gasteiger charge is 2.26. The Kier molecular flexibility index (Phi) is 2.94. The molecule has 1 fully saturated rings. The lowest BCUT2D eigenvalue weighted by atomic mass is 10.2. The molecule has 0 atom stereocenters. The molecule has 0 bridgehead atoms. The Morgan fingerprint density at radius 2 is 2.20 bits per heavy atom. The normalized spacial score (nSPS) is 15.5. The van der Waals surface area contributed by atoms with Gasteiger partial charge in [-0.3, -0.25) is 15.0 Å². The van der Waals surface area contributed by atoms with Crippen LogP contribution in [0.5, 0.6) is 0 Å². The van der Waals surface area contributed by atoms with E-state index < -0.39 is 6.03 Å². The monoisotopic (exact) mass is 272 g/mol. The van der Waals surface area contributed by atoms with Crippen LogP contribution in [-0.4, -0.2) is 34.4 Å². The summed E-state index contributed by atoms with van der Waals surface area (Å²) in [6.45, 7) is 0.335. The first-order valence-electron chi connectivity index (χ1n) is 6.20. The number of amides is 3. The summed E-state index contributed by atoms with van der Waals surface area (Å²) < 4.78 is 1.62. The molecule has 0 unspecified atom stereocenters. The maximum Gasteiger partial charge on any atom is 0.328 e. The van der Waals surface area contributed by atoms with Gasteiger partial charge < -0.3 is 4.79 Å². The number of nitrogens with one attached hydrogen (secondary N) is 1. The van der Waals surface area contributed by atoms with Gasteiger partial charge in [-0.05, 0) is 11.6 Å². The number of imide groups is 1. The summed E-state index contributed by atoms with van der Waals surface area (Å²) in [7, 11) is 0. The Balaban J connectivity index is 1.98. The molecule has 2 aromatic rings. The SMILES string of the molecule is O=CCc1ccc2c(N3CCC(=O)NC3=O)cnn2c1. The Hall–Kier alpha value is -2.70. The molecule has 0 aromatic carbocycles. The summed E-state index contributed by atoms with van der Waals surface area (Å²) in [5, 5.41) is 6.46. The van der Waals surface area contributed by atoms with E-state index in [9.17, 15) is 14.4 Å². The molecule has 0 aliphatic carbocycles. The third-order valence-corrected chi connectivity index (χ3v) is 3.22. The molecule has 0 saturated carbocycles. The fourth-order valence-electron chi connectivity index (χ4n) is 2.23. The summed E-state index contributed by atoms with van der Waals surface area (Å²) in [6.07, 6.45) is 4.75. The van der Waals surface area contributed by atoms with E-state index in [1.165, 1.54) is 4.90 Å². The first-order chi connectivity index (χ1) is 9.69. The summed E-state index contributed by atoms with van der Waals surface area (Å²) in [4.78, 5) is 35.0. The van der Waals surface area contributed by atoms with Gasteiger partial charge in [0.15, 0.2) is 0 Å². The van der Waals surface area contributed by atoms with Crippen LogP contribution in [0.25, 0.3) is 5.52 Å². The molecule has 1 saturated heterocycles. The number of nitrogens with zero attached hydrogens (tertiary/aromatic N) is 3. The molecule has 1 aliphatic heterocycles. The van der Waals surface area contributed by atoms with Crippen LogP contribution in [0.2, 0.25) is 0 Å². The molecule has 102 valence electrons. The van der Waals surface area contributed by atoms with E-state index in [4.69, 9.17) is 0 Å². The fourth-order valence-corrected chi connectivity index (χ4v) is 2.23. The van der Waals surface area contributed by atoms with Crippen LogP contribution in [0.4, 0.5) is 10.5 Å². The van der Waals surface area contributed by atoms with E-state index in [1.807, 2.05) is 12.1 Å². The molecular weight excluding hydrogens is 260 g/mol. The summed E-state index contributed by atoms with van der Waals surface area (Å²) in [5.41, 5.74) is 2.25. The van der Waals surface area contributed by atoms with Crippen molar-refractivity contribution in [3.8, 4) is 0 Å². The number of fused-ring (bicyclic) bond motifs is 1. The second-order valence-corrected chi connectivity index (χ2v) is 4.52. The van der Waals surface area contributed by atoms with E-state index >= 15 is 0 Å². The number of aldehydes is 1. The molecular formula is C13H12N4O3. The van der Waals surface area contributed by atoms with Crippen LogP contribution in [0.1, 0.15) is 12.0 Å². The van der Waals surface area contributed by atoms with Crippen LogP contribution >= 0.6 is 0 Å². The van der Waals surface area contributed by atoms with Gasteiger partial charge in [0.1, 0.15) is 6.29 Å². The standard InChI is InChI=1S/C13H12N4O3/c18-6-4-9-1-2-10-11(7-14-17(10)8-9)16-5-3-12(19)15-13(16)20/h1-2,6-8H,3-5H2,(H,15,19,20). The molecule has 3 amide bonds. The molecule has 7 nitrogen and oxygen atoms in total. The number of aromatic nitrogens is 2. The average molecular weight is 272 g/mol. The van der Waals surface area contributed by atoms with Gasteiger partial charge in [0.2, 0.25) is 5.91 Å². The van der Waals surface area contributed by atoms with Crippen molar-refractivity contribution in [3.05, 3.63) is 30.1 Å². The number of anilines is 1. The quantitative estimate of drug-likeness (QED) is 0.826. The van der Waals surface area contributed by atoms with Crippen molar-refractivity contribution in [2.75, 3.05) is 11.4 Å². The maximum absolute atomic E-state index is 11.8. The number of carbonyl (C=O) groups is 3. The summed E-state index contributed by atoms with van der Waals surface area (Å²) in [6, 6.07) is 3.19.